The minimum absolute atomic E-state index is 0.00142. The van der Waals surface area contributed by atoms with Crippen molar-refractivity contribution in [3.05, 3.63) is 107 Å². The number of anilines is 1. The molecule has 0 aliphatic carbocycles. The largest absolute Gasteiger partial charge is 0.494 e. The number of benzene rings is 3. The minimum atomic E-state index is -4.46. The molecule has 1 atom stereocenters. The number of aryl methyl sites for hydroxylation is 1. The Morgan fingerprint density at radius 1 is 0.965 bits per heavy atom. The van der Waals surface area contributed by atoms with Gasteiger partial charge in [0.1, 0.15) is 23.1 Å². The predicted molar refractivity (Wildman–Crippen MR) is 218 cm³/mol. The number of carbonyl (C=O) groups excluding carboxylic acids is 1. The lowest BCUT2D eigenvalue weighted by Gasteiger charge is -2.32. The van der Waals surface area contributed by atoms with E-state index in [9.17, 15) is 18.0 Å². The summed E-state index contributed by atoms with van der Waals surface area (Å²) >= 11 is 0. The third kappa shape index (κ3) is 15.6. The predicted octanol–water partition coefficient (Wildman–Crippen LogP) is 7.35. The highest BCUT2D eigenvalue weighted by Gasteiger charge is 2.33. The van der Waals surface area contributed by atoms with Crippen LogP contribution in [0.1, 0.15) is 65.9 Å². The fourth-order valence-electron chi connectivity index (χ4n) is 6.11. The molecule has 4 N–H and O–H groups in total. The van der Waals surface area contributed by atoms with Gasteiger partial charge in [-0.3, -0.25) is 14.7 Å². The monoisotopic (exact) mass is 793 g/mol. The van der Waals surface area contributed by atoms with Crippen LogP contribution in [0.3, 0.4) is 0 Å². The second kappa shape index (κ2) is 23.5. The summed E-state index contributed by atoms with van der Waals surface area (Å²) in [6.07, 6.45) is 0.864. The first-order chi connectivity index (χ1) is 27.6. The molecule has 6 rings (SSSR count). The maximum atomic E-state index is 12.5. The van der Waals surface area contributed by atoms with Gasteiger partial charge in [-0.05, 0) is 105 Å². The van der Waals surface area contributed by atoms with Crippen LogP contribution in [-0.2, 0) is 23.9 Å². The van der Waals surface area contributed by atoms with Crippen LogP contribution in [0, 0.1) is 6.92 Å². The number of likely N-dealkylation sites (N-methyl/N-ethyl adjacent to an activating group) is 1. The number of hydrogen-bond donors (Lipinski definition) is 3. The summed E-state index contributed by atoms with van der Waals surface area (Å²) in [6.45, 7) is 14.3. The maximum absolute atomic E-state index is 12.5. The van der Waals surface area contributed by atoms with Crippen LogP contribution < -0.4 is 25.8 Å². The Bertz CT molecular complexity index is 1760. The molecule has 1 unspecified atom stereocenters. The molecular weight excluding hydrogens is 736 g/mol. The molecule has 2 aliphatic heterocycles. The third-order valence-electron chi connectivity index (χ3n) is 9.25. The molecular formula is C43H58F3N7O4. The van der Waals surface area contributed by atoms with Crippen LogP contribution >= 0.6 is 0 Å². The Morgan fingerprint density at radius 2 is 1.67 bits per heavy atom. The first kappa shape index (κ1) is 44.9. The van der Waals surface area contributed by atoms with Crippen molar-refractivity contribution in [3.63, 3.8) is 0 Å². The van der Waals surface area contributed by atoms with E-state index in [4.69, 9.17) is 19.9 Å². The molecule has 1 aromatic heterocycles. The van der Waals surface area contributed by atoms with Crippen LogP contribution in [0.5, 0.6) is 17.2 Å². The summed E-state index contributed by atoms with van der Waals surface area (Å²) in [5.41, 5.74) is 8.88. The van der Waals surface area contributed by atoms with Gasteiger partial charge < -0.3 is 35.5 Å². The number of carbonyl (C=O) groups is 1. The Balaban J connectivity index is 0.000000315. The minimum Gasteiger partial charge on any atom is -0.494 e. The van der Waals surface area contributed by atoms with Gasteiger partial charge in [-0.15, -0.1) is 0 Å². The summed E-state index contributed by atoms with van der Waals surface area (Å²) in [7, 11) is 2.16. The van der Waals surface area contributed by atoms with Crippen LogP contribution in [0.4, 0.5) is 19.0 Å². The molecule has 0 saturated carbocycles. The number of nitrogens with two attached hydrogens (primary N) is 1. The van der Waals surface area contributed by atoms with Crippen molar-refractivity contribution in [3.8, 4) is 17.2 Å². The molecule has 0 radical (unpaired) electrons. The number of nitrogens with one attached hydrogen (secondary N) is 2. The van der Waals surface area contributed by atoms with Crippen LogP contribution in [0.15, 0.2) is 79.1 Å². The van der Waals surface area contributed by atoms with Crippen molar-refractivity contribution in [1.29, 1.82) is 0 Å². The quantitative estimate of drug-likeness (QED) is 0.112. The number of halogens is 3. The number of nitrogens with zero attached hydrogens (tertiary/aromatic N) is 4. The van der Waals surface area contributed by atoms with Crippen molar-refractivity contribution in [2.75, 3.05) is 71.5 Å². The summed E-state index contributed by atoms with van der Waals surface area (Å²) in [5, 5.41) is 5.88. The zero-order chi connectivity index (χ0) is 41.0. The van der Waals surface area contributed by atoms with Gasteiger partial charge in [0.05, 0.1) is 31.6 Å². The summed E-state index contributed by atoms with van der Waals surface area (Å²) in [5.74, 6) is 2.45. The van der Waals surface area contributed by atoms with Gasteiger partial charge in [0, 0.05) is 51.4 Å². The maximum Gasteiger partial charge on any atom is 0.434 e. The van der Waals surface area contributed by atoms with Crippen molar-refractivity contribution in [2.45, 2.75) is 65.2 Å². The summed E-state index contributed by atoms with van der Waals surface area (Å²) in [4.78, 5) is 24.3. The third-order valence-corrected chi connectivity index (χ3v) is 9.25. The molecule has 1 amide bonds. The van der Waals surface area contributed by atoms with Gasteiger partial charge in [0.15, 0.2) is 5.69 Å². The Kier molecular flexibility index (Phi) is 18.5. The zero-order valence-electron chi connectivity index (χ0n) is 33.6. The molecule has 0 bridgehead atoms. The highest BCUT2D eigenvalue weighted by molar-refractivity contribution is 5.94. The molecule has 2 saturated heterocycles. The Morgan fingerprint density at radius 3 is 2.32 bits per heavy atom. The van der Waals surface area contributed by atoms with E-state index >= 15 is 0 Å². The highest BCUT2D eigenvalue weighted by atomic mass is 19.4. The van der Waals surface area contributed by atoms with E-state index in [1.807, 2.05) is 63.2 Å². The van der Waals surface area contributed by atoms with E-state index in [2.05, 4.69) is 61.7 Å². The van der Waals surface area contributed by atoms with Crippen LogP contribution in [-0.4, -0.2) is 97.9 Å². The van der Waals surface area contributed by atoms with E-state index in [1.165, 1.54) is 17.3 Å². The second-order valence-corrected chi connectivity index (χ2v) is 13.8. The number of ether oxygens (including phenoxy) is 3. The smallest absolute Gasteiger partial charge is 0.434 e. The number of alkyl halides is 3. The highest BCUT2D eigenvalue weighted by Crippen LogP contribution is 2.29. The fraction of sp³-hybridized carbons (Fsp3) is 0.465. The Labute approximate surface area is 335 Å². The summed E-state index contributed by atoms with van der Waals surface area (Å²) < 4.78 is 54.2. The standard InChI is InChI=1S/C31H40N4O3.C10H12F3N3O.C2H6/c1-24-22-25(14-15-32)6-13-30(24)38-29-11-9-28(10-12-29)37-21-3-16-33-31(36)27-7-4-26(5-8-27)23-35-19-17-34(2)18-20-35;11-10(12,13)8-4-14-5-9(16-8)15-7-2-1-3-17-6-7;1-2/h4-13,22H,3,14-21,23,32H2,1-2H3,(H,33,36);4-5,7H,1-3,6H2,(H,15,16);1-2H3. The summed E-state index contributed by atoms with van der Waals surface area (Å²) in [6, 6.07) is 21.7. The zero-order valence-corrected chi connectivity index (χ0v) is 33.6. The molecule has 3 aromatic carbocycles. The average Bonchev–Trinajstić information content (AvgIpc) is 3.22. The molecule has 14 heteroatoms. The topological polar surface area (TPSA) is 127 Å². The molecule has 310 valence electrons. The van der Waals surface area contributed by atoms with Gasteiger partial charge in [0.2, 0.25) is 0 Å². The molecule has 2 fully saturated rings. The number of hydrogen-bond acceptors (Lipinski definition) is 10. The van der Waals surface area contributed by atoms with Crippen LogP contribution in [0.25, 0.3) is 0 Å². The molecule has 11 nitrogen and oxygen atoms in total. The first-order valence-corrected chi connectivity index (χ1v) is 19.8. The lowest BCUT2D eigenvalue weighted by molar-refractivity contribution is -0.141. The van der Waals surface area contributed by atoms with E-state index in [1.54, 1.807) is 0 Å². The first-order valence-electron chi connectivity index (χ1n) is 19.8. The number of aromatic nitrogens is 2. The van der Waals surface area contributed by atoms with Gasteiger partial charge in [-0.2, -0.15) is 13.2 Å². The van der Waals surface area contributed by atoms with Gasteiger partial charge >= 0.3 is 6.18 Å². The molecule has 2 aliphatic rings. The lowest BCUT2D eigenvalue weighted by Crippen LogP contribution is -2.43. The lowest BCUT2D eigenvalue weighted by atomic mass is 10.1. The van der Waals surface area contributed by atoms with Crippen LogP contribution in [0.2, 0.25) is 0 Å². The molecule has 3 heterocycles. The van der Waals surface area contributed by atoms with Crippen molar-refractivity contribution >= 4 is 11.7 Å². The van der Waals surface area contributed by atoms with E-state index in [0.29, 0.717) is 44.7 Å². The van der Waals surface area contributed by atoms with Crippen molar-refractivity contribution in [1.82, 2.24) is 25.1 Å². The van der Waals surface area contributed by atoms with E-state index in [-0.39, 0.29) is 17.8 Å². The van der Waals surface area contributed by atoms with Crippen molar-refractivity contribution < 1.29 is 32.2 Å². The number of rotatable bonds is 14. The van der Waals surface area contributed by atoms with E-state index < -0.39 is 11.9 Å². The molecule has 57 heavy (non-hydrogen) atoms. The SMILES string of the molecule is CC.Cc1cc(CCN)ccc1Oc1ccc(OCCCNC(=O)c2ccc(CN3CCN(C)CC3)cc2)cc1.FC(F)(F)c1cncc(NC2CCCOC2)n1. The fourth-order valence-corrected chi connectivity index (χ4v) is 6.11. The van der Waals surface area contributed by atoms with E-state index in [0.717, 1.165) is 81.2 Å². The normalized spacial score (nSPS) is 16.0. The second-order valence-electron chi connectivity index (χ2n) is 13.8. The number of amides is 1. The molecule has 0 spiro atoms. The van der Waals surface area contributed by atoms with Gasteiger partial charge in [-0.1, -0.05) is 38.1 Å². The van der Waals surface area contributed by atoms with Gasteiger partial charge in [-0.25, -0.2) is 4.98 Å². The molecule has 4 aromatic rings. The number of piperazine rings is 1. The Hall–Kier alpha value is -4.76. The van der Waals surface area contributed by atoms with Crippen molar-refractivity contribution in [2.24, 2.45) is 5.73 Å². The average molecular weight is 794 g/mol. The van der Waals surface area contributed by atoms with Gasteiger partial charge in [0.25, 0.3) is 5.91 Å².